The van der Waals surface area contributed by atoms with Gasteiger partial charge in [0.1, 0.15) is 0 Å². The Hall–Kier alpha value is -2.38. The Morgan fingerprint density at radius 1 is 1.12 bits per heavy atom. The zero-order chi connectivity index (χ0) is 18.7. The second-order valence-corrected chi connectivity index (χ2v) is 8.29. The lowest BCUT2D eigenvalue weighted by Gasteiger charge is -2.14. The van der Waals surface area contributed by atoms with Crippen LogP contribution in [-0.4, -0.2) is 27.4 Å². The summed E-state index contributed by atoms with van der Waals surface area (Å²) in [6.45, 7) is 5.11. The number of hydrogen-bond acceptors (Lipinski definition) is 4. The van der Waals surface area contributed by atoms with Crippen LogP contribution in [0, 0.1) is 19.8 Å². The number of benzene rings is 2. The maximum absolute atomic E-state index is 12.8. The molecule has 0 aliphatic carbocycles. The molecule has 1 heterocycles. The van der Waals surface area contributed by atoms with Crippen LogP contribution in [0.1, 0.15) is 17.5 Å². The van der Waals surface area contributed by atoms with Crippen molar-refractivity contribution in [2.75, 3.05) is 23.1 Å². The molecule has 0 spiro atoms. The second kappa shape index (κ2) is 7.47. The van der Waals surface area contributed by atoms with Gasteiger partial charge in [-0.1, -0.05) is 18.2 Å². The fraction of sp³-hybridized carbons (Fsp3) is 0.316. The number of nitrogens with one attached hydrogen (secondary N) is 3. The van der Waals surface area contributed by atoms with Crippen LogP contribution >= 0.6 is 0 Å². The summed E-state index contributed by atoms with van der Waals surface area (Å²) in [7, 11) is -3.75. The summed E-state index contributed by atoms with van der Waals surface area (Å²) in [6, 6.07) is 12.1. The Balaban J connectivity index is 1.83. The first-order valence-electron chi connectivity index (χ1n) is 8.57. The van der Waals surface area contributed by atoms with Gasteiger partial charge in [-0.2, -0.15) is 0 Å². The smallest absolute Gasteiger partial charge is 0.262 e. The zero-order valence-electron chi connectivity index (χ0n) is 14.9. The van der Waals surface area contributed by atoms with Crippen molar-refractivity contribution in [1.29, 1.82) is 0 Å². The van der Waals surface area contributed by atoms with Crippen molar-refractivity contribution in [3.8, 4) is 0 Å². The molecule has 1 aliphatic rings. The van der Waals surface area contributed by atoms with Crippen molar-refractivity contribution in [2.45, 2.75) is 25.2 Å². The van der Waals surface area contributed by atoms with Gasteiger partial charge in [0.05, 0.1) is 10.8 Å². The second-order valence-electron chi connectivity index (χ2n) is 6.63. The van der Waals surface area contributed by atoms with Crippen LogP contribution in [0.5, 0.6) is 0 Å². The highest BCUT2D eigenvalue weighted by Gasteiger charge is 2.23. The number of anilines is 2. The maximum Gasteiger partial charge on any atom is 0.262 e. The summed E-state index contributed by atoms with van der Waals surface area (Å²) in [5, 5.41) is 5.97. The summed E-state index contributed by atoms with van der Waals surface area (Å²) in [5.41, 5.74) is 2.58. The van der Waals surface area contributed by atoms with Crippen LogP contribution in [-0.2, 0) is 14.8 Å². The summed E-state index contributed by atoms with van der Waals surface area (Å²) in [4.78, 5) is 12.4. The molecule has 3 N–H and O–H groups in total. The topological polar surface area (TPSA) is 87.3 Å². The van der Waals surface area contributed by atoms with E-state index in [4.69, 9.17) is 0 Å². The van der Waals surface area contributed by atoms with Gasteiger partial charge in [0.15, 0.2) is 0 Å². The first-order chi connectivity index (χ1) is 12.3. The molecule has 3 rings (SSSR count). The fourth-order valence-corrected chi connectivity index (χ4v) is 4.33. The van der Waals surface area contributed by atoms with Gasteiger partial charge in [0.25, 0.3) is 10.0 Å². The van der Waals surface area contributed by atoms with Crippen LogP contribution in [0.2, 0.25) is 0 Å². The maximum atomic E-state index is 12.8. The molecule has 1 amide bonds. The molecular weight excluding hydrogens is 350 g/mol. The van der Waals surface area contributed by atoms with E-state index in [9.17, 15) is 13.2 Å². The van der Waals surface area contributed by atoms with E-state index < -0.39 is 10.0 Å². The Kier molecular flexibility index (Phi) is 5.29. The lowest BCUT2D eigenvalue weighted by Crippen LogP contribution is -2.24. The number of aryl methyl sites for hydroxylation is 2. The normalized spacial score (nSPS) is 17.1. The molecule has 1 saturated heterocycles. The molecule has 1 unspecified atom stereocenters. The van der Waals surface area contributed by atoms with Crippen molar-refractivity contribution in [3.63, 3.8) is 0 Å². The Labute approximate surface area is 154 Å². The average Bonchev–Trinajstić information content (AvgIpc) is 3.10. The standard InChI is InChI=1S/C19H23N3O3S/c1-13-4-3-5-17(10-13)22-26(24,25)18-11-16(7-6-14(18)2)21-19(23)15-8-9-20-12-15/h3-7,10-11,15,20,22H,8-9,12H2,1-2H3,(H,21,23). The van der Waals surface area contributed by atoms with E-state index in [1.807, 2.05) is 13.0 Å². The third-order valence-electron chi connectivity index (χ3n) is 4.45. The SMILES string of the molecule is Cc1cccc(NS(=O)(=O)c2cc(NC(=O)C3CCNC3)ccc2C)c1. The highest BCUT2D eigenvalue weighted by molar-refractivity contribution is 7.92. The van der Waals surface area contributed by atoms with Gasteiger partial charge in [-0.15, -0.1) is 0 Å². The molecule has 0 saturated carbocycles. The Morgan fingerprint density at radius 2 is 1.92 bits per heavy atom. The number of carbonyl (C=O) groups is 1. The fourth-order valence-electron chi connectivity index (χ4n) is 3.01. The molecule has 6 nitrogen and oxygen atoms in total. The number of hydrogen-bond donors (Lipinski definition) is 3. The van der Waals surface area contributed by atoms with Crippen molar-refractivity contribution < 1.29 is 13.2 Å². The lowest BCUT2D eigenvalue weighted by molar-refractivity contribution is -0.119. The van der Waals surface area contributed by atoms with Crippen LogP contribution in [0.25, 0.3) is 0 Å². The molecule has 0 aromatic heterocycles. The molecular formula is C19H23N3O3S. The van der Waals surface area contributed by atoms with E-state index in [1.54, 1.807) is 37.3 Å². The summed E-state index contributed by atoms with van der Waals surface area (Å²) < 4.78 is 28.2. The molecule has 0 radical (unpaired) electrons. The number of carbonyl (C=O) groups excluding carboxylic acids is 1. The van der Waals surface area contributed by atoms with Gasteiger partial charge in [0, 0.05) is 17.9 Å². The molecule has 7 heteroatoms. The largest absolute Gasteiger partial charge is 0.326 e. The van der Waals surface area contributed by atoms with Crippen LogP contribution < -0.4 is 15.4 Å². The molecule has 2 aromatic carbocycles. The third-order valence-corrected chi connectivity index (χ3v) is 5.97. The highest BCUT2D eigenvalue weighted by atomic mass is 32.2. The molecule has 2 aromatic rings. The van der Waals surface area contributed by atoms with Gasteiger partial charge in [-0.05, 0) is 62.2 Å². The first kappa shape index (κ1) is 18.4. The minimum atomic E-state index is -3.75. The van der Waals surface area contributed by atoms with Crippen molar-refractivity contribution >= 4 is 27.3 Å². The molecule has 1 aliphatic heterocycles. The Morgan fingerprint density at radius 3 is 2.62 bits per heavy atom. The predicted octanol–water partition coefficient (Wildman–Crippen LogP) is 2.65. The quantitative estimate of drug-likeness (QED) is 0.752. The van der Waals surface area contributed by atoms with Crippen molar-refractivity contribution in [3.05, 3.63) is 53.6 Å². The molecule has 1 fully saturated rings. The third kappa shape index (κ3) is 4.23. The van der Waals surface area contributed by atoms with Crippen LogP contribution in [0.4, 0.5) is 11.4 Å². The van der Waals surface area contributed by atoms with E-state index in [-0.39, 0.29) is 16.7 Å². The van der Waals surface area contributed by atoms with E-state index in [2.05, 4.69) is 15.4 Å². The summed E-state index contributed by atoms with van der Waals surface area (Å²) in [6.07, 6.45) is 0.789. The van der Waals surface area contributed by atoms with Gasteiger partial charge >= 0.3 is 0 Å². The predicted molar refractivity (Wildman–Crippen MR) is 103 cm³/mol. The van der Waals surface area contributed by atoms with E-state index in [0.717, 1.165) is 18.5 Å². The number of sulfonamides is 1. The number of amides is 1. The summed E-state index contributed by atoms with van der Waals surface area (Å²) >= 11 is 0. The van der Waals surface area contributed by atoms with Crippen LogP contribution in [0.15, 0.2) is 47.4 Å². The first-order valence-corrected chi connectivity index (χ1v) is 10.1. The summed E-state index contributed by atoms with van der Waals surface area (Å²) in [5.74, 6) is -0.171. The van der Waals surface area contributed by atoms with Crippen LogP contribution in [0.3, 0.4) is 0 Å². The van der Waals surface area contributed by atoms with Gasteiger partial charge < -0.3 is 10.6 Å². The monoisotopic (exact) mass is 373 g/mol. The van der Waals surface area contributed by atoms with Gasteiger partial charge in [0.2, 0.25) is 5.91 Å². The zero-order valence-corrected chi connectivity index (χ0v) is 15.7. The van der Waals surface area contributed by atoms with Crippen molar-refractivity contribution in [2.24, 2.45) is 5.92 Å². The molecule has 26 heavy (non-hydrogen) atoms. The number of rotatable bonds is 5. The van der Waals surface area contributed by atoms with E-state index in [0.29, 0.717) is 23.5 Å². The molecule has 1 atom stereocenters. The molecule has 0 bridgehead atoms. The van der Waals surface area contributed by atoms with Gasteiger partial charge in [-0.25, -0.2) is 8.42 Å². The minimum Gasteiger partial charge on any atom is -0.326 e. The lowest BCUT2D eigenvalue weighted by atomic mass is 10.1. The van der Waals surface area contributed by atoms with Gasteiger partial charge in [-0.3, -0.25) is 9.52 Å². The highest BCUT2D eigenvalue weighted by Crippen LogP contribution is 2.24. The molecule has 138 valence electrons. The van der Waals surface area contributed by atoms with E-state index >= 15 is 0 Å². The Bertz CT molecular complexity index is 919. The van der Waals surface area contributed by atoms with E-state index in [1.165, 1.54) is 6.07 Å². The van der Waals surface area contributed by atoms with Crippen molar-refractivity contribution in [1.82, 2.24) is 5.32 Å². The minimum absolute atomic E-state index is 0.0817. The average molecular weight is 373 g/mol.